The van der Waals surface area contributed by atoms with Gasteiger partial charge in [-0.05, 0) is 55.0 Å². The maximum absolute atomic E-state index is 12.9. The van der Waals surface area contributed by atoms with E-state index in [-0.39, 0.29) is 18.3 Å². The van der Waals surface area contributed by atoms with Crippen molar-refractivity contribution < 1.29 is 23.7 Å². The first-order valence-electron chi connectivity index (χ1n) is 10.9. The molecule has 0 saturated carbocycles. The van der Waals surface area contributed by atoms with Gasteiger partial charge in [0, 0.05) is 40.3 Å². The van der Waals surface area contributed by atoms with Crippen LogP contribution in [0.5, 0.6) is 23.0 Å². The number of aryl methyl sites for hydroxylation is 1. The first-order chi connectivity index (χ1) is 17.0. The maximum atomic E-state index is 12.9. The van der Waals surface area contributed by atoms with Gasteiger partial charge in [-0.1, -0.05) is 6.07 Å². The molecule has 0 atom stereocenters. The van der Waals surface area contributed by atoms with Crippen molar-refractivity contribution >= 4 is 46.3 Å². The van der Waals surface area contributed by atoms with Gasteiger partial charge in [-0.25, -0.2) is 0 Å². The van der Waals surface area contributed by atoms with E-state index in [1.807, 2.05) is 43.3 Å². The second kappa shape index (κ2) is 11.5. The molecule has 0 saturated heterocycles. The monoisotopic (exact) mass is 509 g/mol. The average molecular weight is 510 g/mol. The number of hydrogen-bond donors (Lipinski definition) is 2. The van der Waals surface area contributed by atoms with Crippen LogP contribution in [0.3, 0.4) is 0 Å². The Morgan fingerprint density at radius 2 is 1.42 bits per heavy atom. The number of benzene rings is 3. The summed E-state index contributed by atoms with van der Waals surface area (Å²) < 4.78 is 21.4. The predicted octanol–water partition coefficient (Wildman–Crippen LogP) is 6.00. The van der Waals surface area contributed by atoms with Gasteiger partial charge in [-0.2, -0.15) is 0 Å². The first kappa shape index (κ1) is 26.4. The summed E-state index contributed by atoms with van der Waals surface area (Å²) in [7, 11) is 6.28. The fourth-order valence-electron chi connectivity index (χ4n) is 3.74. The van der Waals surface area contributed by atoms with Crippen molar-refractivity contribution in [3.05, 3.63) is 71.9 Å². The SMILES string of the molecule is COc1ccc(C(=O)Nc2ccc(C)c(Nc3ccnc4cc(OC)c(OC)cc34)c2)cc1OC.Cl. The van der Waals surface area contributed by atoms with Gasteiger partial charge in [0.15, 0.2) is 23.0 Å². The smallest absolute Gasteiger partial charge is 0.255 e. The molecule has 4 rings (SSSR count). The highest BCUT2D eigenvalue weighted by atomic mass is 35.5. The summed E-state index contributed by atoms with van der Waals surface area (Å²) in [5.41, 5.74) is 4.58. The van der Waals surface area contributed by atoms with Crippen molar-refractivity contribution in [3.63, 3.8) is 0 Å². The van der Waals surface area contributed by atoms with Gasteiger partial charge in [0.05, 0.1) is 34.0 Å². The van der Waals surface area contributed by atoms with Crippen LogP contribution in [-0.4, -0.2) is 39.3 Å². The lowest BCUT2D eigenvalue weighted by atomic mass is 10.1. The largest absolute Gasteiger partial charge is 0.493 e. The molecule has 0 unspecified atom stereocenters. The summed E-state index contributed by atoms with van der Waals surface area (Å²) in [6, 6.07) is 16.4. The lowest BCUT2D eigenvalue weighted by Gasteiger charge is -2.15. The predicted molar refractivity (Wildman–Crippen MR) is 144 cm³/mol. The summed E-state index contributed by atoms with van der Waals surface area (Å²) in [4.78, 5) is 17.3. The van der Waals surface area contributed by atoms with Crippen LogP contribution in [0.2, 0.25) is 0 Å². The number of fused-ring (bicyclic) bond motifs is 1. The number of aromatic nitrogens is 1. The highest BCUT2D eigenvalue weighted by Gasteiger charge is 2.13. The number of ether oxygens (including phenoxy) is 4. The highest BCUT2D eigenvalue weighted by Crippen LogP contribution is 2.36. The number of carbonyl (C=O) groups is 1. The van der Waals surface area contributed by atoms with Crippen LogP contribution in [0, 0.1) is 6.92 Å². The molecule has 0 bridgehead atoms. The van der Waals surface area contributed by atoms with E-state index >= 15 is 0 Å². The van der Waals surface area contributed by atoms with Crippen molar-refractivity contribution in [2.75, 3.05) is 39.1 Å². The standard InChI is InChI=1S/C27H27N3O5.ClH/c1-16-6-8-18(29-27(31)17-7-9-23(32-2)24(12-17)33-3)13-21(16)30-20-10-11-28-22-15-26(35-5)25(34-4)14-19(20)22;/h6-15H,1-5H3,(H,28,30)(H,29,31);1H. The van der Waals surface area contributed by atoms with E-state index in [1.54, 1.807) is 45.7 Å². The minimum Gasteiger partial charge on any atom is -0.493 e. The summed E-state index contributed by atoms with van der Waals surface area (Å²) in [5.74, 6) is 2.02. The van der Waals surface area contributed by atoms with Crippen LogP contribution in [0.15, 0.2) is 60.8 Å². The number of carbonyl (C=O) groups excluding carboxylic acids is 1. The Kier molecular flexibility index (Phi) is 8.45. The molecule has 1 aromatic heterocycles. The quantitative estimate of drug-likeness (QED) is 0.301. The minimum atomic E-state index is -0.257. The third-order valence-electron chi connectivity index (χ3n) is 5.66. The molecule has 36 heavy (non-hydrogen) atoms. The number of amides is 1. The van der Waals surface area contributed by atoms with E-state index in [2.05, 4.69) is 15.6 Å². The van der Waals surface area contributed by atoms with Gasteiger partial charge in [0.2, 0.25) is 0 Å². The van der Waals surface area contributed by atoms with E-state index < -0.39 is 0 Å². The van der Waals surface area contributed by atoms with Gasteiger partial charge in [-0.3, -0.25) is 9.78 Å². The number of hydrogen-bond acceptors (Lipinski definition) is 7. The second-order valence-electron chi connectivity index (χ2n) is 7.76. The molecular weight excluding hydrogens is 482 g/mol. The van der Waals surface area contributed by atoms with Gasteiger partial charge in [0.1, 0.15) is 0 Å². The first-order valence-corrected chi connectivity index (χ1v) is 10.9. The van der Waals surface area contributed by atoms with Gasteiger partial charge < -0.3 is 29.6 Å². The molecular formula is C27H28ClN3O5. The second-order valence-corrected chi connectivity index (χ2v) is 7.76. The van der Waals surface area contributed by atoms with Crippen LogP contribution in [0.4, 0.5) is 17.1 Å². The lowest BCUT2D eigenvalue weighted by Crippen LogP contribution is -2.12. The normalized spacial score (nSPS) is 10.2. The minimum absolute atomic E-state index is 0. The van der Waals surface area contributed by atoms with Gasteiger partial charge in [0.25, 0.3) is 5.91 Å². The van der Waals surface area contributed by atoms with Crippen LogP contribution < -0.4 is 29.6 Å². The summed E-state index contributed by atoms with van der Waals surface area (Å²) in [6.07, 6.45) is 1.73. The molecule has 3 aromatic carbocycles. The van der Waals surface area contributed by atoms with Crippen molar-refractivity contribution in [1.29, 1.82) is 0 Å². The van der Waals surface area contributed by atoms with E-state index in [0.29, 0.717) is 34.2 Å². The van der Waals surface area contributed by atoms with E-state index in [1.165, 1.54) is 7.11 Å². The fourth-order valence-corrected chi connectivity index (χ4v) is 3.74. The van der Waals surface area contributed by atoms with Crippen LogP contribution in [-0.2, 0) is 0 Å². The Balaban J connectivity index is 0.00000361. The number of rotatable bonds is 8. The molecule has 8 nitrogen and oxygen atoms in total. The Bertz CT molecular complexity index is 1390. The Labute approximate surface area is 216 Å². The highest BCUT2D eigenvalue weighted by molar-refractivity contribution is 6.05. The van der Waals surface area contributed by atoms with Crippen LogP contribution >= 0.6 is 12.4 Å². The maximum Gasteiger partial charge on any atom is 0.255 e. The summed E-state index contributed by atoms with van der Waals surface area (Å²) >= 11 is 0. The topological polar surface area (TPSA) is 90.9 Å². The Morgan fingerprint density at radius 1 is 0.750 bits per heavy atom. The molecule has 188 valence electrons. The summed E-state index contributed by atoms with van der Waals surface area (Å²) in [5, 5.41) is 7.29. The lowest BCUT2D eigenvalue weighted by molar-refractivity contribution is 0.102. The Morgan fingerprint density at radius 3 is 2.11 bits per heavy atom. The van der Waals surface area contributed by atoms with Crippen molar-refractivity contribution in [1.82, 2.24) is 4.98 Å². The Hall–Kier alpha value is -4.17. The number of nitrogens with one attached hydrogen (secondary N) is 2. The molecule has 9 heteroatoms. The third-order valence-corrected chi connectivity index (χ3v) is 5.66. The van der Waals surface area contributed by atoms with E-state index in [4.69, 9.17) is 18.9 Å². The fraction of sp³-hybridized carbons (Fsp3) is 0.185. The van der Waals surface area contributed by atoms with Crippen LogP contribution in [0.1, 0.15) is 15.9 Å². The van der Waals surface area contributed by atoms with Gasteiger partial charge in [-0.15, -0.1) is 12.4 Å². The molecule has 1 heterocycles. The number of pyridine rings is 1. The number of halogens is 1. The summed E-state index contributed by atoms with van der Waals surface area (Å²) in [6.45, 7) is 2.00. The van der Waals surface area contributed by atoms with Crippen molar-refractivity contribution in [2.24, 2.45) is 0 Å². The average Bonchev–Trinajstić information content (AvgIpc) is 2.89. The molecule has 0 spiro atoms. The number of methoxy groups -OCH3 is 4. The van der Waals surface area contributed by atoms with Gasteiger partial charge >= 0.3 is 0 Å². The van der Waals surface area contributed by atoms with Crippen molar-refractivity contribution in [2.45, 2.75) is 6.92 Å². The molecule has 0 radical (unpaired) electrons. The molecule has 0 aliphatic rings. The van der Waals surface area contributed by atoms with E-state index in [0.717, 1.165) is 27.8 Å². The molecule has 1 amide bonds. The molecule has 0 aliphatic carbocycles. The molecule has 0 aliphatic heterocycles. The zero-order valence-electron chi connectivity index (χ0n) is 20.7. The van der Waals surface area contributed by atoms with Crippen LogP contribution in [0.25, 0.3) is 10.9 Å². The molecule has 0 fully saturated rings. The third kappa shape index (κ3) is 5.39. The molecule has 2 N–H and O–H groups in total. The van der Waals surface area contributed by atoms with E-state index in [9.17, 15) is 4.79 Å². The zero-order chi connectivity index (χ0) is 24.9. The number of nitrogens with zero attached hydrogens (tertiary/aromatic N) is 1. The zero-order valence-corrected chi connectivity index (χ0v) is 21.5. The molecule has 4 aromatic rings. The number of anilines is 3. The van der Waals surface area contributed by atoms with Crippen molar-refractivity contribution in [3.8, 4) is 23.0 Å².